The lowest BCUT2D eigenvalue weighted by Crippen LogP contribution is -2.36. The van der Waals surface area contributed by atoms with Crippen LogP contribution in [-0.4, -0.2) is 53.3 Å². The van der Waals surface area contributed by atoms with Gasteiger partial charge in [0, 0.05) is 11.8 Å². The monoisotopic (exact) mass is 383 g/mol. The molecule has 1 spiro atoms. The van der Waals surface area contributed by atoms with Gasteiger partial charge in [0.1, 0.15) is 17.7 Å². The summed E-state index contributed by atoms with van der Waals surface area (Å²) in [6.07, 6.45) is 1.89. The summed E-state index contributed by atoms with van der Waals surface area (Å²) in [7, 11) is 0. The number of anilines is 1. The molecule has 1 aromatic carbocycles. The van der Waals surface area contributed by atoms with E-state index in [2.05, 4.69) is 25.9 Å². The highest BCUT2D eigenvalue weighted by atomic mass is 79.9. The molecule has 1 atom stereocenters. The van der Waals surface area contributed by atoms with Crippen molar-refractivity contribution in [1.29, 1.82) is 0 Å². The lowest BCUT2D eigenvalue weighted by Gasteiger charge is -2.25. The van der Waals surface area contributed by atoms with Crippen LogP contribution in [0.1, 0.15) is 6.42 Å². The Hall–Kier alpha value is -1.35. The number of ether oxygens (including phenoxy) is 2. The Bertz CT molecular complexity index is 754. The van der Waals surface area contributed by atoms with Gasteiger partial charge in [-0.2, -0.15) is 0 Å². The highest BCUT2D eigenvalue weighted by Gasteiger charge is 2.49. The van der Waals surface area contributed by atoms with E-state index in [1.807, 2.05) is 4.90 Å². The number of fused-ring (bicyclic) bond motifs is 1. The fourth-order valence-electron chi connectivity index (χ4n) is 3.33. The number of benzene rings is 1. The number of aromatic nitrogens is 2. The number of rotatable bonds is 2. The molecular formula is C15H15BrFN3O3. The van der Waals surface area contributed by atoms with E-state index < -0.39 is 11.6 Å². The van der Waals surface area contributed by atoms with E-state index in [4.69, 9.17) is 9.47 Å². The predicted molar refractivity (Wildman–Crippen MR) is 84.7 cm³/mol. The van der Waals surface area contributed by atoms with Crippen LogP contribution in [-0.2, 0) is 9.47 Å². The average molecular weight is 384 g/mol. The molecule has 4 rings (SSSR count). The second kappa shape index (κ2) is 5.62. The van der Waals surface area contributed by atoms with Gasteiger partial charge in [-0.05, 0) is 28.1 Å². The Labute approximate surface area is 140 Å². The molecule has 2 aliphatic rings. The first-order valence-electron chi connectivity index (χ1n) is 7.38. The molecule has 3 heterocycles. The van der Waals surface area contributed by atoms with Crippen molar-refractivity contribution in [1.82, 2.24) is 9.97 Å². The molecule has 23 heavy (non-hydrogen) atoms. The van der Waals surface area contributed by atoms with Crippen LogP contribution in [0.3, 0.4) is 0 Å². The van der Waals surface area contributed by atoms with Crippen molar-refractivity contribution in [3.63, 3.8) is 0 Å². The van der Waals surface area contributed by atoms with Crippen LogP contribution in [0.5, 0.6) is 0 Å². The number of aliphatic hydroxyl groups is 1. The number of nitrogens with zero attached hydrogens (tertiary/aromatic N) is 3. The molecule has 0 radical (unpaired) electrons. The van der Waals surface area contributed by atoms with Gasteiger partial charge in [0.05, 0.1) is 36.9 Å². The third kappa shape index (κ3) is 2.40. The Morgan fingerprint density at radius 1 is 1.35 bits per heavy atom. The molecule has 0 aliphatic carbocycles. The molecule has 2 aliphatic heterocycles. The Balaban J connectivity index is 1.80. The predicted octanol–water partition coefficient (Wildman–Crippen LogP) is 1.85. The van der Waals surface area contributed by atoms with E-state index in [9.17, 15) is 9.50 Å². The van der Waals surface area contributed by atoms with Gasteiger partial charge in [0.25, 0.3) is 0 Å². The summed E-state index contributed by atoms with van der Waals surface area (Å²) in [6, 6.07) is 3.21. The lowest BCUT2D eigenvalue weighted by atomic mass is 10.1. The van der Waals surface area contributed by atoms with Crippen molar-refractivity contribution in [2.75, 3.05) is 31.3 Å². The van der Waals surface area contributed by atoms with Gasteiger partial charge in [-0.1, -0.05) is 0 Å². The Morgan fingerprint density at radius 3 is 2.87 bits per heavy atom. The van der Waals surface area contributed by atoms with Crippen molar-refractivity contribution in [3.8, 4) is 0 Å². The summed E-state index contributed by atoms with van der Waals surface area (Å²) < 4.78 is 26.1. The molecular weight excluding hydrogens is 369 g/mol. The molecule has 8 heteroatoms. The van der Waals surface area contributed by atoms with E-state index >= 15 is 0 Å². The third-order valence-corrected chi connectivity index (χ3v) is 4.98. The van der Waals surface area contributed by atoms with E-state index in [-0.39, 0.29) is 18.2 Å². The van der Waals surface area contributed by atoms with Gasteiger partial charge < -0.3 is 19.5 Å². The zero-order chi connectivity index (χ0) is 16.0. The highest BCUT2D eigenvalue weighted by Crippen LogP contribution is 2.39. The molecule has 0 amide bonds. The maximum absolute atomic E-state index is 14.3. The van der Waals surface area contributed by atoms with Crippen LogP contribution in [0.15, 0.2) is 22.9 Å². The number of hydrogen-bond acceptors (Lipinski definition) is 6. The summed E-state index contributed by atoms with van der Waals surface area (Å²) in [6.45, 7) is 1.47. The van der Waals surface area contributed by atoms with Crippen LogP contribution in [0.4, 0.5) is 10.2 Å². The van der Waals surface area contributed by atoms with Crippen molar-refractivity contribution >= 4 is 32.7 Å². The van der Waals surface area contributed by atoms with Crippen molar-refractivity contribution < 1.29 is 19.0 Å². The molecule has 1 aromatic heterocycles. The number of hydrogen-bond donors (Lipinski definition) is 1. The van der Waals surface area contributed by atoms with Gasteiger partial charge in [-0.3, -0.25) is 0 Å². The molecule has 2 aromatic rings. The van der Waals surface area contributed by atoms with Gasteiger partial charge in [-0.15, -0.1) is 0 Å². The van der Waals surface area contributed by atoms with Gasteiger partial charge >= 0.3 is 0 Å². The smallest absolute Gasteiger partial charge is 0.188 e. The molecule has 2 saturated heterocycles. The maximum Gasteiger partial charge on any atom is 0.188 e. The van der Waals surface area contributed by atoms with Crippen LogP contribution >= 0.6 is 15.9 Å². The van der Waals surface area contributed by atoms with Crippen molar-refractivity contribution in [3.05, 3.63) is 28.7 Å². The van der Waals surface area contributed by atoms with Gasteiger partial charge in [0.2, 0.25) is 0 Å². The number of aliphatic hydroxyl groups excluding tert-OH is 1. The molecule has 6 nitrogen and oxygen atoms in total. The molecule has 122 valence electrons. The minimum atomic E-state index is -0.710. The van der Waals surface area contributed by atoms with E-state index in [0.717, 1.165) is 0 Å². The summed E-state index contributed by atoms with van der Waals surface area (Å²) in [4.78, 5) is 10.3. The molecule has 1 N–H and O–H groups in total. The minimum absolute atomic E-state index is 0.0566. The van der Waals surface area contributed by atoms with Crippen molar-refractivity contribution in [2.45, 2.75) is 18.2 Å². The first kappa shape index (κ1) is 15.2. The molecule has 0 saturated carbocycles. The number of halogens is 2. The SMILES string of the molecule is OC[C@H]1CC2(CN1c1ncnc3c(F)c(Br)ccc13)OCCO2. The van der Waals surface area contributed by atoms with Crippen LogP contribution < -0.4 is 4.90 Å². The summed E-state index contributed by atoms with van der Waals surface area (Å²) in [5, 5.41) is 10.3. The molecule has 0 unspecified atom stereocenters. The Kier molecular flexibility index (Phi) is 3.72. The van der Waals surface area contributed by atoms with Crippen molar-refractivity contribution in [2.24, 2.45) is 0 Å². The topological polar surface area (TPSA) is 67.7 Å². The molecule has 2 fully saturated rings. The highest BCUT2D eigenvalue weighted by molar-refractivity contribution is 9.10. The van der Waals surface area contributed by atoms with Crippen LogP contribution in [0.25, 0.3) is 10.9 Å². The standard InChI is InChI=1S/C15H15BrFN3O3/c16-11-2-1-10-13(12(11)17)18-8-19-14(10)20-7-15(5-9(20)6-21)22-3-4-23-15/h1-2,8-9,21H,3-7H2/t9-/m1/s1. The quantitative estimate of drug-likeness (QED) is 0.853. The fraction of sp³-hybridized carbons (Fsp3) is 0.467. The van der Waals surface area contributed by atoms with Gasteiger partial charge in [-0.25, -0.2) is 14.4 Å². The van der Waals surface area contributed by atoms with E-state index in [0.29, 0.717) is 41.9 Å². The maximum atomic E-state index is 14.3. The van der Waals surface area contributed by atoms with E-state index in [1.54, 1.807) is 12.1 Å². The minimum Gasteiger partial charge on any atom is -0.394 e. The van der Waals surface area contributed by atoms with Crippen LogP contribution in [0, 0.1) is 5.82 Å². The zero-order valence-electron chi connectivity index (χ0n) is 12.2. The summed E-state index contributed by atoms with van der Waals surface area (Å²) >= 11 is 3.17. The Morgan fingerprint density at radius 2 is 2.13 bits per heavy atom. The summed E-state index contributed by atoms with van der Waals surface area (Å²) in [5.41, 5.74) is 0.246. The summed E-state index contributed by atoms with van der Waals surface area (Å²) in [5.74, 6) is -0.552. The normalized spacial score (nSPS) is 23.3. The first-order valence-corrected chi connectivity index (χ1v) is 8.17. The molecule has 0 bridgehead atoms. The van der Waals surface area contributed by atoms with Gasteiger partial charge in [0.15, 0.2) is 11.6 Å². The second-order valence-electron chi connectivity index (χ2n) is 5.73. The zero-order valence-corrected chi connectivity index (χ0v) is 13.8. The average Bonchev–Trinajstić information content (AvgIpc) is 3.18. The lowest BCUT2D eigenvalue weighted by molar-refractivity contribution is -0.140. The fourth-order valence-corrected chi connectivity index (χ4v) is 3.65. The third-order valence-electron chi connectivity index (χ3n) is 4.37. The first-order chi connectivity index (χ1) is 11.1. The second-order valence-corrected chi connectivity index (χ2v) is 6.59. The largest absolute Gasteiger partial charge is 0.394 e. The van der Waals surface area contributed by atoms with Crippen LogP contribution in [0.2, 0.25) is 0 Å². The van der Waals surface area contributed by atoms with E-state index in [1.165, 1.54) is 6.33 Å².